The fraction of sp³-hybridized carbons (Fsp3) is 0.765. The summed E-state index contributed by atoms with van der Waals surface area (Å²) in [6.07, 6.45) is 3.91. The monoisotopic (exact) mass is 294 g/mol. The number of nitrogens with zero attached hydrogens (tertiary/aromatic N) is 1. The molecule has 0 radical (unpaired) electrons. The van der Waals surface area contributed by atoms with E-state index in [9.17, 15) is 0 Å². The minimum atomic E-state index is 0.399. The van der Waals surface area contributed by atoms with Crippen LogP contribution in [0.5, 0.6) is 0 Å². The molecule has 1 aromatic heterocycles. The van der Waals surface area contributed by atoms with E-state index in [1.54, 1.807) is 0 Å². The summed E-state index contributed by atoms with van der Waals surface area (Å²) in [4.78, 5) is 2.45. The number of hydrogen-bond donors (Lipinski definition) is 1. The van der Waals surface area contributed by atoms with Gasteiger partial charge in [0.1, 0.15) is 11.5 Å². The molecule has 1 saturated heterocycles. The van der Waals surface area contributed by atoms with E-state index in [1.807, 2.05) is 0 Å². The number of nitrogens with one attached hydrogen (secondary N) is 1. The fourth-order valence-electron chi connectivity index (χ4n) is 2.70. The van der Waals surface area contributed by atoms with E-state index in [0.29, 0.717) is 12.1 Å². The molecule has 1 aliphatic heterocycles. The van der Waals surface area contributed by atoms with Crippen LogP contribution in [0.2, 0.25) is 0 Å². The molecule has 120 valence electrons. The Morgan fingerprint density at radius 1 is 1.38 bits per heavy atom. The summed E-state index contributed by atoms with van der Waals surface area (Å²) in [6, 6.07) is 4.67. The Labute approximate surface area is 128 Å². The van der Waals surface area contributed by atoms with E-state index >= 15 is 0 Å². The van der Waals surface area contributed by atoms with Gasteiger partial charge in [0.25, 0.3) is 0 Å². The van der Waals surface area contributed by atoms with Gasteiger partial charge in [0.05, 0.1) is 19.2 Å². The molecule has 0 saturated carbocycles. The Bertz CT molecular complexity index is 403. The molecule has 4 heteroatoms. The predicted molar refractivity (Wildman–Crippen MR) is 85.2 cm³/mol. The van der Waals surface area contributed by atoms with Crippen LogP contribution in [-0.2, 0) is 17.8 Å². The Morgan fingerprint density at radius 2 is 2.19 bits per heavy atom. The SMILES string of the molecule is CCCOC1CCCN(Cc2ccc(CNC(C)C)o2)C1. The average Bonchev–Trinajstić information content (AvgIpc) is 2.91. The van der Waals surface area contributed by atoms with Crippen molar-refractivity contribution in [1.82, 2.24) is 10.2 Å². The van der Waals surface area contributed by atoms with E-state index < -0.39 is 0 Å². The van der Waals surface area contributed by atoms with Crippen molar-refractivity contribution in [3.8, 4) is 0 Å². The lowest BCUT2D eigenvalue weighted by Gasteiger charge is -2.32. The fourth-order valence-corrected chi connectivity index (χ4v) is 2.70. The molecule has 1 atom stereocenters. The lowest BCUT2D eigenvalue weighted by molar-refractivity contribution is -0.00381. The standard InChI is InChI=1S/C17H30N2O2/c1-4-10-20-16-6-5-9-19(12-16)13-17-8-7-15(21-17)11-18-14(2)3/h7-8,14,16,18H,4-6,9-13H2,1-3H3. The molecule has 0 spiro atoms. The van der Waals surface area contributed by atoms with E-state index in [4.69, 9.17) is 9.15 Å². The summed E-state index contributed by atoms with van der Waals surface area (Å²) in [7, 11) is 0. The van der Waals surface area contributed by atoms with Crippen LogP contribution < -0.4 is 5.32 Å². The lowest BCUT2D eigenvalue weighted by Crippen LogP contribution is -2.39. The number of furan rings is 1. The second kappa shape index (κ2) is 8.57. The van der Waals surface area contributed by atoms with Crippen LogP contribution in [0.15, 0.2) is 16.5 Å². The summed E-state index contributed by atoms with van der Waals surface area (Å²) < 4.78 is 11.8. The molecular formula is C17H30N2O2. The molecule has 2 heterocycles. The van der Waals surface area contributed by atoms with Crippen LogP contribution in [-0.4, -0.2) is 36.7 Å². The third-order valence-corrected chi connectivity index (χ3v) is 3.80. The highest BCUT2D eigenvalue weighted by Crippen LogP contribution is 2.17. The highest BCUT2D eigenvalue weighted by molar-refractivity contribution is 5.07. The molecule has 1 fully saturated rings. The number of piperidine rings is 1. The smallest absolute Gasteiger partial charge is 0.118 e. The molecule has 0 aliphatic carbocycles. The first kappa shape index (κ1) is 16.5. The van der Waals surface area contributed by atoms with E-state index in [1.165, 1.54) is 12.8 Å². The highest BCUT2D eigenvalue weighted by Gasteiger charge is 2.21. The number of hydrogen-bond acceptors (Lipinski definition) is 4. The van der Waals surface area contributed by atoms with Crippen molar-refractivity contribution in [3.05, 3.63) is 23.7 Å². The van der Waals surface area contributed by atoms with Crippen LogP contribution in [0.4, 0.5) is 0 Å². The molecular weight excluding hydrogens is 264 g/mol. The van der Waals surface area contributed by atoms with Gasteiger partial charge in [-0.1, -0.05) is 20.8 Å². The summed E-state index contributed by atoms with van der Waals surface area (Å²) in [5.74, 6) is 2.08. The maximum atomic E-state index is 5.91. The predicted octanol–water partition coefficient (Wildman–Crippen LogP) is 3.17. The van der Waals surface area contributed by atoms with Gasteiger partial charge < -0.3 is 14.5 Å². The molecule has 0 amide bonds. The van der Waals surface area contributed by atoms with E-state index in [-0.39, 0.29) is 0 Å². The van der Waals surface area contributed by atoms with Crippen molar-refractivity contribution in [2.45, 2.75) is 65.3 Å². The van der Waals surface area contributed by atoms with Crippen LogP contribution in [0.1, 0.15) is 51.6 Å². The van der Waals surface area contributed by atoms with Gasteiger partial charge in [-0.2, -0.15) is 0 Å². The summed E-state index contributed by atoms with van der Waals surface area (Å²) in [5, 5.41) is 3.38. The van der Waals surface area contributed by atoms with Gasteiger partial charge >= 0.3 is 0 Å². The Balaban J connectivity index is 1.78. The topological polar surface area (TPSA) is 37.6 Å². The summed E-state index contributed by atoms with van der Waals surface area (Å²) in [5.41, 5.74) is 0. The van der Waals surface area contributed by atoms with Crippen molar-refractivity contribution < 1.29 is 9.15 Å². The molecule has 1 unspecified atom stereocenters. The van der Waals surface area contributed by atoms with Gasteiger partial charge in [-0.15, -0.1) is 0 Å². The Kier molecular flexibility index (Phi) is 6.74. The first-order chi connectivity index (χ1) is 10.2. The van der Waals surface area contributed by atoms with Gasteiger partial charge in [-0.05, 0) is 37.9 Å². The minimum Gasteiger partial charge on any atom is -0.463 e. The van der Waals surface area contributed by atoms with Crippen LogP contribution in [0.25, 0.3) is 0 Å². The second-order valence-electron chi connectivity index (χ2n) is 6.27. The maximum absolute atomic E-state index is 5.91. The van der Waals surface area contributed by atoms with Crippen LogP contribution in [0, 0.1) is 0 Å². The number of ether oxygens (including phenoxy) is 1. The highest BCUT2D eigenvalue weighted by atomic mass is 16.5. The van der Waals surface area contributed by atoms with Crippen LogP contribution in [0.3, 0.4) is 0 Å². The molecule has 4 nitrogen and oxygen atoms in total. The summed E-state index contributed by atoms with van der Waals surface area (Å²) in [6.45, 7) is 11.2. The molecule has 0 bridgehead atoms. The Hall–Kier alpha value is -0.840. The zero-order valence-electron chi connectivity index (χ0n) is 13.7. The molecule has 1 N–H and O–H groups in total. The number of likely N-dealkylation sites (tertiary alicyclic amines) is 1. The van der Waals surface area contributed by atoms with Gasteiger partial charge in [-0.25, -0.2) is 0 Å². The van der Waals surface area contributed by atoms with Crippen molar-refractivity contribution in [2.75, 3.05) is 19.7 Å². The molecule has 1 aliphatic rings. The molecule has 2 rings (SSSR count). The van der Waals surface area contributed by atoms with Crippen molar-refractivity contribution in [2.24, 2.45) is 0 Å². The van der Waals surface area contributed by atoms with Gasteiger partial charge in [-0.3, -0.25) is 4.90 Å². The number of rotatable bonds is 8. The molecule has 1 aromatic rings. The largest absolute Gasteiger partial charge is 0.463 e. The Morgan fingerprint density at radius 3 is 2.95 bits per heavy atom. The summed E-state index contributed by atoms with van der Waals surface area (Å²) >= 11 is 0. The van der Waals surface area contributed by atoms with Gasteiger partial charge in [0.2, 0.25) is 0 Å². The molecule has 21 heavy (non-hydrogen) atoms. The van der Waals surface area contributed by atoms with Gasteiger partial charge in [0, 0.05) is 19.2 Å². The minimum absolute atomic E-state index is 0.399. The van der Waals surface area contributed by atoms with Crippen molar-refractivity contribution in [3.63, 3.8) is 0 Å². The van der Waals surface area contributed by atoms with Gasteiger partial charge in [0.15, 0.2) is 0 Å². The quantitative estimate of drug-likeness (QED) is 0.799. The average molecular weight is 294 g/mol. The first-order valence-corrected chi connectivity index (χ1v) is 8.32. The van der Waals surface area contributed by atoms with E-state index in [0.717, 1.165) is 50.7 Å². The van der Waals surface area contributed by atoms with Crippen molar-refractivity contribution >= 4 is 0 Å². The zero-order valence-corrected chi connectivity index (χ0v) is 13.7. The third kappa shape index (κ3) is 5.81. The lowest BCUT2D eigenvalue weighted by atomic mass is 10.1. The first-order valence-electron chi connectivity index (χ1n) is 8.32. The second-order valence-corrected chi connectivity index (χ2v) is 6.27. The van der Waals surface area contributed by atoms with Crippen LogP contribution >= 0.6 is 0 Å². The maximum Gasteiger partial charge on any atom is 0.118 e. The molecule has 0 aromatic carbocycles. The third-order valence-electron chi connectivity index (χ3n) is 3.80. The zero-order chi connectivity index (χ0) is 15.1. The normalized spacial score (nSPS) is 20.3. The van der Waals surface area contributed by atoms with E-state index in [2.05, 4.69) is 43.1 Å². The van der Waals surface area contributed by atoms with Crippen molar-refractivity contribution in [1.29, 1.82) is 0 Å².